The smallest absolute Gasteiger partial charge is 0.191 e. The summed E-state index contributed by atoms with van der Waals surface area (Å²) >= 11 is 7.40. The number of rotatable bonds is 9. The third kappa shape index (κ3) is 30.9. The van der Waals surface area contributed by atoms with Crippen LogP contribution in [0.5, 0.6) is 0 Å². The average Bonchev–Trinajstić information content (AvgIpc) is 2.85. The number of Topliss-reactive ketones (excluding diaryl/α,β-unsaturated/α-hetero) is 1. The van der Waals surface area contributed by atoms with Gasteiger partial charge in [-0.05, 0) is 53.1 Å². The van der Waals surface area contributed by atoms with Gasteiger partial charge in [0.25, 0.3) is 0 Å². The van der Waals surface area contributed by atoms with Crippen LogP contribution in [-0.4, -0.2) is 108 Å². The minimum atomic E-state index is -1.17. The molecule has 0 saturated carbocycles. The van der Waals surface area contributed by atoms with Gasteiger partial charge in [-0.1, -0.05) is 42.7 Å². The van der Waals surface area contributed by atoms with Gasteiger partial charge in [-0.2, -0.15) is 16.0 Å². The van der Waals surface area contributed by atoms with E-state index in [9.17, 15) is 4.79 Å². The fourth-order valence-corrected chi connectivity index (χ4v) is 2.87. The fourth-order valence-electron chi connectivity index (χ4n) is 2.87. The normalized spacial score (nSPS) is 13.7. The van der Waals surface area contributed by atoms with Gasteiger partial charge >= 0.3 is 0 Å². The van der Waals surface area contributed by atoms with E-state index in [1.54, 1.807) is 0 Å². The number of carbonyl (C=O) groups excluding carboxylic acids is 1. The number of likely N-dealkylation sites (N-methyl/N-ethyl adjacent to an activating group) is 2. The number of hydrogen-bond acceptors (Lipinski definition) is 9. The standard InChI is InChI=1S/C21H31N4O.C2H6O2.2CNS.CH4O.2Ni/c1-17-13-18(15-22-10-12-24(2)3)21(26)19(14-17)16-25(4)11-8-20-7-5-6-9-23-20;1-2(3)4;2*2-1-3;1-2;;/h5-7,13-15H,8-12,16H2,1-4H3,(H,22,26);2-4H,1H3;;;2H,1H3;;/q-1;;2*-1;;;. The molecule has 40 heavy (non-hydrogen) atoms. The molecule has 0 atom stereocenters. The van der Waals surface area contributed by atoms with Crippen LogP contribution >= 0.6 is 24.4 Å². The van der Waals surface area contributed by atoms with E-state index < -0.39 is 6.29 Å². The van der Waals surface area contributed by atoms with Gasteiger partial charge in [-0.25, -0.2) is 0 Å². The van der Waals surface area contributed by atoms with Gasteiger partial charge in [-0.15, -0.1) is 12.6 Å². The molecular weight excluding hydrogens is 642 g/mol. The van der Waals surface area contributed by atoms with E-state index in [1.165, 1.54) is 17.2 Å². The minimum Gasteiger partial charge on any atom is -0.753 e. The molecule has 0 spiro atoms. The van der Waals surface area contributed by atoms with Crippen molar-refractivity contribution < 1.29 is 53.1 Å². The Bertz CT molecular complexity index is 881. The van der Waals surface area contributed by atoms with Crippen molar-refractivity contribution in [2.45, 2.75) is 26.6 Å². The molecule has 0 aromatic carbocycles. The van der Waals surface area contributed by atoms with Crippen molar-refractivity contribution in [1.82, 2.24) is 15.1 Å². The number of aliphatic hydroxyl groups is 3. The molecule has 14 heteroatoms. The maximum Gasteiger partial charge on any atom is 0.191 e. The Morgan fingerprint density at radius 3 is 2.10 bits per heavy atom. The second-order valence-corrected chi connectivity index (χ2v) is 8.34. The monoisotopic (exact) mass is 681 g/mol. The zero-order valence-electron chi connectivity index (χ0n) is 23.7. The molecule has 0 bridgehead atoms. The summed E-state index contributed by atoms with van der Waals surface area (Å²) in [6.07, 6.45) is 11.7. The summed E-state index contributed by atoms with van der Waals surface area (Å²) in [5, 5.41) is 46.9. The Balaban J connectivity index is -0.000000250. The Morgan fingerprint density at radius 1 is 1.12 bits per heavy atom. The fraction of sp³-hybridized carbons (Fsp3) is 0.500. The predicted molar refractivity (Wildman–Crippen MR) is 163 cm³/mol. The SMILES string of the molecule is CC(O)O.CC1=CC(=CNCCN(C)C)C(=O)C(CN(C)CCC2=CC=CC[N-]2)=C1.CO.[N-]=C=S.[N-]=C=S.[Ni].[Ni]. The molecule has 2 aliphatic rings. The molecule has 0 saturated heterocycles. The van der Waals surface area contributed by atoms with Crippen molar-refractivity contribution in [3.05, 3.63) is 75.1 Å². The molecular formula is C26H41N6Ni2O4S2-3. The van der Waals surface area contributed by atoms with Crippen molar-refractivity contribution in [2.24, 2.45) is 0 Å². The van der Waals surface area contributed by atoms with Crippen molar-refractivity contribution in [3.63, 3.8) is 0 Å². The Hall–Kier alpha value is -1.64. The molecule has 0 fully saturated rings. The van der Waals surface area contributed by atoms with Crippen LogP contribution in [0.25, 0.3) is 16.1 Å². The summed E-state index contributed by atoms with van der Waals surface area (Å²) in [5.41, 5.74) is 3.83. The molecule has 1 heterocycles. The van der Waals surface area contributed by atoms with Gasteiger partial charge in [0.2, 0.25) is 0 Å². The van der Waals surface area contributed by atoms with Crippen LogP contribution in [0.2, 0.25) is 0 Å². The zero-order chi connectivity index (χ0) is 29.9. The second-order valence-electron chi connectivity index (χ2n) is 7.97. The summed E-state index contributed by atoms with van der Waals surface area (Å²) in [6.45, 7) is 7.39. The largest absolute Gasteiger partial charge is 0.753 e. The van der Waals surface area contributed by atoms with E-state index in [4.69, 9.17) is 26.1 Å². The molecule has 10 nitrogen and oxygen atoms in total. The molecule has 0 radical (unpaired) electrons. The van der Waals surface area contributed by atoms with Gasteiger partial charge in [0.05, 0.1) is 0 Å². The number of hydrogen-bond donors (Lipinski definition) is 4. The Labute approximate surface area is 270 Å². The van der Waals surface area contributed by atoms with Crippen LogP contribution in [0.15, 0.2) is 59.0 Å². The van der Waals surface area contributed by atoms with E-state index in [0.29, 0.717) is 6.54 Å². The molecule has 2 rings (SSSR count). The number of thiocarbonyl (C=S) groups is 2. The maximum absolute atomic E-state index is 12.7. The van der Waals surface area contributed by atoms with Crippen LogP contribution in [-0.2, 0) is 37.8 Å². The zero-order valence-corrected chi connectivity index (χ0v) is 27.3. The predicted octanol–water partition coefficient (Wildman–Crippen LogP) is 2.86. The molecule has 234 valence electrons. The van der Waals surface area contributed by atoms with E-state index in [1.807, 2.05) is 45.4 Å². The number of aliphatic hydroxyl groups excluding tert-OH is 2. The Morgan fingerprint density at radius 2 is 1.65 bits per heavy atom. The maximum atomic E-state index is 12.7. The van der Waals surface area contributed by atoms with Gasteiger partial charge in [0, 0.05) is 83.6 Å². The molecule has 0 aromatic rings. The van der Waals surface area contributed by atoms with Crippen LogP contribution in [0.3, 0.4) is 0 Å². The number of allylic oxidation sites excluding steroid dienone is 6. The summed E-state index contributed by atoms with van der Waals surface area (Å²) in [4.78, 5) is 17.0. The number of nitrogens with one attached hydrogen (secondary N) is 1. The number of ketones is 1. The summed E-state index contributed by atoms with van der Waals surface area (Å²) < 4.78 is 0. The summed E-state index contributed by atoms with van der Waals surface area (Å²) in [5.74, 6) is 0.115. The van der Waals surface area contributed by atoms with Crippen molar-refractivity contribution in [1.29, 1.82) is 0 Å². The van der Waals surface area contributed by atoms with E-state index in [2.05, 4.69) is 64.1 Å². The van der Waals surface area contributed by atoms with Crippen LogP contribution in [0.4, 0.5) is 0 Å². The first-order valence-corrected chi connectivity index (χ1v) is 12.4. The molecule has 0 unspecified atom stereocenters. The first-order chi connectivity index (χ1) is 18.0. The summed E-state index contributed by atoms with van der Waals surface area (Å²) in [7, 11) is 7.13. The number of nitrogens with zero attached hydrogens (tertiary/aromatic N) is 5. The quantitative estimate of drug-likeness (QED) is 0.0718. The van der Waals surface area contributed by atoms with Crippen LogP contribution in [0, 0.1) is 0 Å². The van der Waals surface area contributed by atoms with Crippen LogP contribution in [0.1, 0.15) is 20.3 Å². The van der Waals surface area contributed by atoms with Crippen LogP contribution < -0.4 is 5.32 Å². The average molecular weight is 683 g/mol. The van der Waals surface area contributed by atoms with Gasteiger partial charge in [0.15, 0.2) is 5.78 Å². The molecule has 4 N–H and O–H groups in total. The van der Waals surface area contributed by atoms with E-state index in [-0.39, 0.29) is 38.8 Å². The number of isothiocyanates is 2. The molecule has 1 aliphatic heterocycles. The van der Waals surface area contributed by atoms with Gasteiger partial charge in [0.1, 0.15) is 6.29 Å². The first-order valence-electron chi connectivity index (χ1n) is 11.6. The summed E-state index contributed by atoms with van der Waals surface area (Å²) in [6, 6.07) is 0. The molecule has 0 amide bonds. The molecule has 0 aromatic heterocycles. The third-order valence-electron chi connectivity index (χ3n) is 4.31. The Kier molecular flexibility index (Phi) is 40.4. The van der Waals surface area contributed by atoms with E-state index >= 15 is 0 Å². The topological polar surface area (TPSA) is 155 Å². The van der Waals surface area contributed by atoms with E-state index in [0.717, 1.165) is 62.1 Å². The molecule has 1 aliphatic carbocycles. The van der Waals surface area contributed by atoms with Gasteiger partial charge in [-0.3, -0.25) is 4.79 Å². The number of carbonyl (C=O) groups is 1. The third-order valence-corrected chi connectivity index (χ3v) is 4.31. The second kappa shape index (κ2) is 33.6. The first kappa shape index (κ1) is 48.1. The van der Waals surface area contributed by atoms with Crippen molar-refractivity contribution in [2.75, 3.05) is 61.0 Å². The van der Waals surface area contributed by atoms with Crippen molar-refractivity contribution in [3.8, 4) is 0 Å². The van der Waals surface area contributed by atoms with Crippen molar-refractivity contribution >= 4 is 40.5 Å². The minimum absolute atomic E-state index is 0. The van der Waals surface area contributed by atoms with Gasteiger partial charge < -0.3 is 46.6 Å².